The van der Waals surface area contributed by atoms with Gasteiger partial charge in [0.25, 0.3) is 5.91 Å². The fourth-order valence-electron chi connectivity index (χ4n) is 5.23. The molecule has 7 heteroatoms. The molecule has 4 atom stereocenters. The molecule has 0 aromatic heterocycles. The molecular weight excluding hydrogens is 420 g/mol. The van der Waals surface area contributed by atoms with E-state index in [0.717, 1.165) is 37.1 Å². The van der Waals surface area contributed by atoms with E-state index in [1.165, 1.54) is 0 Å². The van der Waals surface area contributed by atoms with Crippen LogP contribution in [0.1, 0.15) is 51.1 Å². The van der Waals surface area contributed by atoms with Crippen molar-refractivity contribution in [2.75, 3.05) is 34.3 Å². The normalized spacial score (nSPS) is 27.2. The Morgan fingerprint density at radius 1 is 1.15 bits per heavy atom. The van der Waals surface area contributed by atoms with Crippen molar-refractivity contribution >= 4 is 11.7 Å². The third-order valence-corrected chi connectivity index (χ3v) is 6.81. The molecule has 1 aromatic rings. The van der Waals surface area contributed by atoms with Crippen molar-refractivity contribution in [3.63, 3.8) is 0 Å². The number of hydrogen-bond acceptors (Lipinski definition) is 6. The van der Waals surface area contributed by atoms with Crippen LogP contribution in [0.4, 0.5) is 0 Å². The van der Waals surface area contributed by atoms with E-state index in [9.17, 15) is 9.59 Å². The van der Waals surface area contributed by atoms with Crippen molar-refractivity contribution in [1.29, 1.82) is 0 Å². The lowest BCUT2D eigenvalue weighted by atomic mass is 9.76. The number of Topliss-reactive ketones (excluding diaryl/α,β-unsaturated/α-hetero) is 1. The molecule has 0 saturated heterocycles. The molecule has 7 nitrogen and oxygen atoms in total. The fraction of sp³-hybridized carbons (Fsp3) is 0.615. The second-order valence-electron chi connectivity index (χ2n) is 9.83. The van der Waals surface area contributed by atoms with Gasteiger partial charge in [0, 0.05) is 20.1 Å². The van der Waals surface area contributed by atoms with Crippen LogP contribution in [0.2, 0.25) is 0 Å². The van der Waals surface area contributed by atoms with Crippen LogP contribution >= 0.6 is 0 Å². The third kappa shape index (κ3) is 4.80. The Balaban J connectivity index is 1.66. The van der Waals surface area contributed by atoms with E-state index in [-0.39, 0.29) is 41.7 Å². The summed E-state index contributed by atoms with van der Waals surface area (Å²) in [6.07, 6.45) is 2.87. The van der Waals surface area contributed by atoms with Gasteiger partial charge in [0.05, 0.1) is 29.7 Å². The van der Waals surface area contributed by atoms with Crippen molar-refractivity contribution in [3.05, 3.63) is 41.2 Å². The molecule has 1 aromatic carbocycles. The highest BCUT2D eigenvalue weighted by Crippen LogP contribution is 2.47. The third-order valence-electron chi connectivity index (χ3n) is 6.81. The molecule has 33 heavy (non-hydrogen) atoms. The van der Waals surface area contributed by atoms with Crippen molar-refractivity contribution in [2.45, 2.75) is 63.9 Å². The van der Waals surface area contributed by atoms with Crippen LogP contribution in [0.3, 0.4) is 0 Å². The maximum absolute atomic E-state index is 13.7. The van der Waals surface area contributed by atoms with E-state index >= 15 is 0 Å². The van der Waals surface area contributed by atoms with Gasteiger partial charge in [-0.25, -0.2) is 0 Å². The number of amides is 1. The molecule has 1 fully saturated rings. The highest BCUT2D eigenvalue weighted by atomic mass is 16.5. The summed E-state index contributed by atoms with van der Waals surface area (Å²) in [5.41, 5.74) is 1.44. The zero-order valence-electron chi connectivity index (χ0n) is 20.4. The van der Waals surface area contributed by atoms with Gasteiger partial charge in [-0.2, -0.15) is 0 Å². The van der Waals surface area contributed by atoms with Crippen LogP contribution in [-0.4, -0.2) is 74.1 Å². The molecule has 0 bridgehead atoms. The summed E-state index contributed by atoms with van der Waals surface area (Å²) in [7, 11) is 5.73. The Morgan fingerprint density at radius 3 is 2.52 bits per heavy atom. The summed E-state index contributed by atoms with van der Waals surface area (Å²) >= 11 is 0. The van der Waals surface area contributed by atoms with Crippen molar-refractivity contribution < 1.29 is 23.8 Å². The average Bonchev–Trinajstić information content (AvgIpc) is 3.05. The Bertz CT molecular complexity index is 908. The van der Waals surface area contributed by atoms with Gasteiger partial charge in [-0.1, -0.05) is 12.1 Å². The van der Waals surface area contributed by atoms with E-state index in [1.807, 2.05) is 57.1 Å². The number of carbonyl (C=O) groups is 2. The monoisotopic (exact) mass is 456 g/mol. The molecule has 0 N–H and O–H groups in total. The first-order chi connectivity index (χ1) is 15.8. The van der Waals surface area contributed by atoms with E-state index in [4.69, 9.17) is 14.2 Å². The Hall–Kier alpha value is -2.38. The summed E-state index contributed by atoms with van der Waals surface area (Å²) in [5.74, 6) is 0.691. The summed E-state index contributed by atoms with van der Waals surface area (Å²) in [6, 6.07) is 7.34. The van der Waals surface area contributed by atoms with E-state index in [0.29, 0.717) is 18.5 Å². The first-order valence-electron chi connectivity index (χ1n) is 12.0. The standard InChI is InChI=1S/C26H36N2O5/c1-16(2)32-18-9-7-17(8-10-18)23-22-24(29)20-12-11-19(31-5)15-21(20)33-25(22)26(30)28(23)14-6-13-27(3)4/h7-10,16,19-21,23H,6,11-15H2,1-5H3. The van der Waals surface area contributed by atoms with Crippen LogP contribution in [0, 0.1) is 5.92 Å². The molecule has 1 saturated carbocycles. The molecule has 1 aliphatic carbocycles. The lowest BCUT2D eigenvalue weighted by molar-refractivity contribution is -0.138. The SMILES string of the molecule is COC1CCC2C(=O)C3=C(OC2C1)C(=O)N(CCCN(C)C)C3c1ccc(OC(C)C)cc1. The molecule has 4 rings (SSSR count). The zero-order valence-corrected chi connectivity index (χ0v) is 20.4. The number of fused-ring (bicyclic) bond motifs is 1. The summed E-state index contributed by atoms with van der Waals surface area (Å²) in [5, 5.41) is 0. The van der Waals surface area contributed by atoms with Gasteiger partial charge in [-0.05, 0) is 71.4 Å². The summed E-state index contributed by atoms with van der Waals surface area (Å²) in [4.78, 5) is 31.1. The molecule has 4 unspecified atom stereocenters. The number of methoxy groups -OCH3 is 1. The van der Waals surface area contributed by atoms with E-state index in [1.54, 1.807) is 7.11 Å². The van der Waals surface area contributed by atoms with Crippen molar-refractivity contribution in [1.82, 2.24) is 9.80 Å². The Morgan fingerprint density at radius 2 is 1.88 bits per heavy atom. The Labute approximate surface area is 196 Å². The van der Waals surface area contributed by atoms with Gasteiger partial charge >= 0.3 is 0 Å². The number of ketones is 1. The fourth-order valence-corrected chi connectivity index (χ4v) is 5.23. The van der Waals surface area contributed by atoms with Gasteiger partial charge in [0.1, 0.15) is 11.9 Å². The molecule has 2 aliphatic heterocycles. The zero-order chi connectivity index (χ0) is 23.7. The first kappa shape index (κ1) is 23.8. The summed E-state index contributed by atoms with van der Waals surface area (Å²) < 4.78 is 17.6. The Kier molecular flexibility index (Phi) is 7.10. The van der Waals surface area contributed by atoms with E-state index in [2.05, 4.69) is 4.90 Å². The highest BCUT2D eigenvalue weighted by molar-refractivity contribution is 6.11. The maximum atomic E-state index is 13.7. The van der Waals surface area contributed by atoms with Gasteiger partial charge in [0.15, 0.2) is 11.5 Å². The molecule has 180 valence electrons. The number of benzene rings is 1. The minimum atomic E-state index is -0.420. The molecule has 3 aliphatic rings. The smallest absolute Gasteiger partial charge is 0.290 e. The van der Waals surface area contributed by atoms with E-state index < -0.39 is 6.04 Å². The van der Waals surface area contributed by atoms with Gasteiger partial charge in [0.2, 0.25) is 0 Å². The van der Waals surface area contributed by atoms with Crippen molar-refractivity contribution in [3.8, 4) is 5.75 Å². The number of nitrogens with zero attached hydrogens (tertiary/aromatic N) is 2. The molecule has 1 amide bonds. The van der Waals surface area contributed by atoms with Crippen molar-refractivity contribution in [2.24, 2.45) is 5.92 Å². The predicted molar refractivity (Wildman–Crippen MR) is 125 cm³/mol. The van der Waals surface area contributed by atoms with Crippen LogP contribution in [0.5, 0.6) is 5.75 Å². The highest BCUT2D eigenvalue weighted by Gasteiger charge is 2.52. The second-order valence-corrected chi connectivity index (χ2v) is 9.83. The second kappa shape index (κ2) is 9.85. The van der Waals surface area contributed by atoms with Gasteiger partial charge in [-0.3, -0.25) is 9.59 Å². The van der Waals surface area contributed by atoms with Crippen LogP contribution in [-0.2, 0) is 19.1 Å². The average molecular weight is 457 g/mol. The maximum Gasteiger partial charge on any atom is 0.290 e. The van der Waals surface area contributed by atoms with Crippen LogP contribution in [0.15, 0.2) is 35.6 Å². The summed E-state index contributed by atoms with van der Waals surface area (Å²) in [6.45, 7) is 5.39. The lowest BCUT2D eigenvalue weighted by Crippen LogP contribution is -2.43. The predicted octanol–water partition coefficient (Wildman–Crippen LogP) is 3.35. The van der Waals surface area contributed by atoms with Crippen LogP contribution < -0.4 is 4.74 Å². The van der Waals surface area contributed by atoms with Gasteiger partial charge < -0.3 is 24.0 Å². The first-order valence-corrected chi connectivity index (χ1v) is 12.0. The van der Waals surface area contributed by atoms with Crippen LogP contribution in [0.25, 0.3) is 0 Å². The number of carbonyl (C=O) groups excluding carboxylic acids is 2. The molecule has 0 radical (unpaired) electrons. The largest absolute Gasteiger partial charge is 0.491 e. The molecular formula is C26H36N2O5. The minimum Gasteiger partial charge on any atom is -0.491 e. The minimum absolute atomic E-state index is 0.0618. The molecule has 0 spiro atoms. The number of ether oxygens (including phenoxy) is 3. The quantitative estimate of drug-likeness (QED) is 0.598. The topological polar surface area (TPSA) is 68.3 Å². The van der Waals surface area contributed by atoms with Gasteiger partial charge in [-0.15, -0.1) is 0 Å². The molecule has 2 heterocycles. The number of rotatable bonds is 8. The lowest BCUT2D eigenvalue weighted by Gasteiger charge is -2.38. The number of hydrogen-bond donors (Lipinski definition) is 0.